The number of nitro groups is 1. The summed E-state index contributed by atoms with van der Waals surface area (Å²) in [6.45, 7) is 0.988. The van der Waals surface area contributed by atoms with Gasteiger partial charge in [0.25, 0.3) is 5.91 Å². The highest BCUT2D eigenvalue weighted by molar-refractivity contribution is 5.96. The van der Waals surface area contributed by atoms with Gasteiger partial charge in [-0.15, -0.1) is 0 Å². The third kappa shape index (κ3) is 3.27. The fourth-order valence-electron chi connectivity index (χ4n) is 3.05. The molecule has 0 radical (unpaired) electrons. The number of carbonyl (C=O) groups is 1. The van der Waals surface area contributed by atoms with Gasteiger partial charge >= 0.3 is 5.69 Å². The van der Waals surface area contributed by atoms with Gasteiger partial charge in [0.1, 0.15) is 12.0 Å². The third-order valence-corrected chi connectivity index (χ3v) is 4.40. The molecule has 0 saturated carbocycles. The Labute approximate surface area is 137 Å². The molecule has 1 aliphatic rings. The van der Waals surface area contributed by atoms with Crippen LogP contribution in [0.25, 0.3) is 0 Å². The van der Waals surface area contributed by atoms with Crippen LogP contribution < -0.4 is 0 Å². The Bertz CT molecular complexity index is 753. The first-order valence-corrected chi connectivity index (χ1v) is 7.76. The number of hydrogen-bond acceptors (Lipinski definition) is 4. The second kappa shape index (κ2) is 6.77. The summed E-state index contributed by atoms with van der Waals surface area (Å²) in [7, 11) is 0. The Morgan fingerprint density at radius 1 is 1.38 bits per heavy atom. The van der Waals surface area contributed by atoms with Crippen LogP contribution in [0, 0.1) is 21.8 Å². The highest BCUT2D eigenvalue weighted by atomic mass is 19.1. The maximum absolute atomic E-state index is 13.7. The van der Waals surface area contributed by atoms with Gasteiger partial charge in [-0.25, -0.2) is 4.39 Å². The van der Waals surface area contributed by atoms with Crippen molar-refractivity contribution < 1.29 is 14.1 Å². The minimum absolute atomic E-state index is 0.0902. The fraction of sp³-hybridized carbons (Fsp3) is 0.375. The number of aromatic nitrogens is 2. The zero-order valence-electron chi connectivity index (χ0n) is 12.9. The van der Waals surface area contributed by atoms with E-state index in [0.29, 0.717) is 31.0 Å². The molecule has 7 nitrogen and oxygen atoms in total. The van der Waals surface area contributed by atoms with Gasteiger partial charge < -0.3 is 4.90 Å². The molecule has 0 unspecified atom stereocenters. The SMILES string of the molecule is O=C(c1[nH]ncc1[N+](=O)[O-])N1CCC(Cc2ccccc2F)CC1. The smallest absolute Gasteiger partial charge is 0.319 e. The molecule has 1 aromatic carbocycles. The van der Waals surface area contributed by atoms with Gasteiger partial charge in [0.15, 0.2) is 0 Å². The van der Waals surface area contributed by atoms with Gasteiger partial charge in [0.2, 0.25) is 5.69 Å². The summed E-state index contributed by atoms with van der Waals surface area (Å²) in [4.78, 5) is 24.3. The van der Waals surface area contributed by atoms with Crippen molar-refractivity contribution in [1.82, 2.24) is 15.1 Å². The zero-order chi connectivity index (χ0) is 17.1. The van der Waals surface area contributed by atoms with Crippen molar-refractivity contribution in [1.29, 1.82) is 0 Å². The largest absolute Gasteiger partial charge is 0.337 e. The Hall–Kier alpha value is -2.77. The van der Waals surface area contributed by atoms with E-state index in [1.807, 2.05) is 6.07 Å². The van der Waals surface area contributed by atoms with E-state index >= 15 is 0 Å². The lowest BCUT2D eigenvalue weighted by Gasteiger charge is -2.31. The second-order valence-corrected chi connectivity index (χ2v) is 5.92. The Morgan fingerprint density at radius 3 is 2.75 bits per heavy atom. The number of amides is 1. The van der Waals surface area contributed by atoms with Gasteiger partial charge in [0.05, 0.1) is 4.92 Å². The molecule has 24 heavy (non-hydrogen) atoms. The molecule has 1 aromatic heterocycles. The molecule has 126 valence electrons. The monoisotopic (exact) mass is 332 g/mol. The van der Waals surface area contributed by atoms with Gasteiger partial charge in [0, 0.05) is 13.1 Å². The van der Waals surface area contributed by atoms with Gasteiger partial charge in [-0.05, 0) is 36.8 Å². The van der Waals surface area contributed by atoms with Crippen molar-refractivity contribution in [2.24, 2.45) is 5.92 Å². The predicted molar refractivity (Wildman–Crippen MR) is 84.0 cm³/mol. The molecule has 0 spiro atoms. The number of likely N-dealkylation sites (tertiary alicyclic amines) is 1. The predicted octanol–water partition coefficient (Wildman–Crippen LogP) is 2.55. The maximum atomic E-state index is 13.7. The van der Waals surface area contributed by atoms with Crippen molar-refractivity contribution in [2.45, 2.75) is 19.3 Å². The number of carbonyl (C=O) groups excluding carboxylic acids is 1. The Morgan fingerprint density at radius 2 is 2.08 bits per heavy atom. The lowest BCUT2D eigenvalue weighted by Crippen LogP contribution is -2.39. The fourth-order valence-corrected chi connectivity index (χ4v) is 3.05. The van der Waals surface area contributed by atoms with Crippen LogP contribution in [-0.2, 0) is 6.42 Å². The zero-order valence-corrected chi connectivity index (χ0v) is 12.9. The van der Waals surface area contributed by atoms with E-state index in [9.17, 15) is 19.3 Å². The molecule has 1 amide bonds. The van der Waals surface area contributed by atoms with Crippen LogP contribution in [0.2, 0.25) is 0 Å². The van der Waals surface area contributed by atoms with Crippen molar-refractivity contribution in [2.75, 3.05) is 13.1 Å². The van der Waals surface area contributed by atoms with Crippen LogP contribution in [0.1, 0.15) is 28.9 Å². The second-order valence-electron chi connectivity index (χ2n) is 5.92. The van der Waals surface area contributed by atoms with E-state index in [0.717, 1.165) is 19.0 Å². The minimum Gasteiger partial charge on any atom is -0.337 e. The molecule has 0 aliphatic carbocycles. The number of halogens is 1. The van der Waals surface area contributed by atoms with Crippen LogP contribution in [0.3, 0.4) is 0 Å². The summed E-state index contributed by atoms with van der Waals surface area (Å²) in [5.74, 6) is -0.324. The lowest BCUT2D eigenvalue weighted by atomic mass is 9.90. The lowest BCUT2D eigenvalue weighted by molar-refractivity contribution is -0.385. The molecule has 2 aromatic rings. The number of hydrogen-bond donors (Lipinski definition) is 1. The summed E-state index contributed by atoms with van der Waals surface area (Å²) >= 11 is 0. The van der Waals surface area contributed by atoms with E-state index in [1.165, 1.54) is 6.07 Å². The number of H-pyrrole nitrogens is 1. The van der Waals surface area contributed by atoms with Crippen LogP contribution in [-0.4, -0.2) is 39.0 Å². The molecule has 3 rings (SSSR count). The van der Waals surface area contributed by atoms with E-state index in [4.69, 9.17) is 0 Å². The Balaban J connectivity index is 1.61. The molecule has 8 heteroatoms. The minimum atomic E-state index is -0.623. The van der Waals surface area contributed by atoms with E-state index in [1.54, 1.807) is 17.0 Å². The van der Waals surface area contributed by atoms with Crippen LogP contribution >= 0.6 is 0 Å². The summed E-state index contributed by atoms with van der Waals surface area (Å²) in [5.41, 5.74) is 0.285. The average Bonchev–Trinajstić information content (AvgIpc) is 3.07. The number of aromatic amines is 1. The van der Waals surface area contributed by atoms with Crippen molar-refractivity contribution in [3.05, 3.63) is 57.7 Å². The molecule has 2 heterocycles. The first-order chi connectivity index (χ1) is 11.6. The molecule has 1 fully saturated rings. The highest BCUT2D eigenvalue weighted by Crippen LogP contribution is 2.25. The molecule has 0 atom stereocenters. The van der Waals surface area contributed by atoms with Gasteiger partial charge in [-0.3, -0.25) is 20.0 Å². The third-order valence-electron chi connectivity index (χ3n) is 4.40. The Kier molecular flexibility index (Phi) is 4.54. The van der Waals surface area contributed by atoms with Crippen molar-refractivity contribution >= 4 is 11.6 Å². The standard InChI is InChI=1S/C16H17FN4O3/c17-13-4-2-1-3-12(13)9-11-5-7-20(8-6-11)16(22)15-14(21(23)24)10-18-19-15/h1-4,10-11H,5-9H2,(H,18,19). The summed E-state index contributed by atoms with van der Waals surface area (Å²) in [5, 5.41) is 16.9. The van der Waals surface area contributed by atoms with E-state index in [-0.39, 0.29) is 17.2 Å². The summed E-state index contributed by atoms with van der Waals surface area (Å²) in [6, 6.07) is 6.71. The molecule has 0 bridgehead atoms. The highest BCUT2D eigenvalue weighted by Gasteiger charge is 2.30. The number of nitrogens with one attached hydrogen (secondary N) is 1. The van der Waals surface area contributed by atoms with Crippen LogP contribution in [0.4, 0.5) is 10.1 Å². The van der Waals surface area contributed by atoms with Gasteiger partial charge in [-0.1, -0.05) is 18.2 Å². The number of rotatable bonds is 4. The first kappa shape index (κ1) is 16.1. The van der Waals surface area contributed by atoms with E-state index < -0.39 is 10.8 Å². The van der Waals surface area contributed by atoms with Gasteiger partial charge in [-0.2, -0.15) is 5.10 Å². The van der Waals surface area contributed by atoms with Crippen LogP contribution in [0.5, 0.6) is 0 Å². The van der Waals surface area contributed by atoms with Crippen molar-refractivity contribution in [3.63, 3.8) is 0 Å². The number of benzene rings is 1. The van der Waals surface area contributed by atoms with E-state index in [2.05, 4.69) is 10.2 Å². The molecular formula is C16H17FN4O3. The molecule has 1 N–H and O–H groups in total. The number of nitrogens with zero attached hydrogens (tertiary/aromatic N) is 3. The topological polar surface area (TPSA) is 92.1 Å². The molecular weight excluding hydrogens is 315 g/mol. The molecule has 1 aliphatic heterocycles. The number of piperidine rings is 1. The summed E-state index contributed by atoms with van der Waals surface area (Å²) in [6.07, 6.45) is 3.15. The molecule has 1 saturated heterocycles. The maximum Gasteiger partial charge on any atom is 0.319 e. The first-order valence-electron chi connectivity index (χ1n) is 7.76. The van der Waals surface area contributed by atoms with Crippen LogP contribution in [0.15, 0.2) is 30.5 Å². The summed E-state index contributed by atoms with van der Waals surface area (Å²) < 4.78 is 13.7. The van der Waals surface area contributed by atoms with Crippen molar-refractivity contribution in [3.8, 4) is 0 Å². The average molecular weight is 332 g/mol. The quantitative estimate of drug-likeness (QED) is 0.688. The normalized spacial score (nSPS) is 15.5.